The number of hydrogen-bond donors (Lipinski definition) is 1. The van der Waals surface area contributed by atoms with Gasteiger partial charge in [0.15, 0.2) is 0 Å². The minimum absolute atomic E-state index is 0.234. The van der Waals surface area contributed by atoms with Crippen LogP contribution in [0.5, 0.6) is 0 Å². The Morgan fingerprint density at radius 2 is 2.38 bits per heavy atom. The third-order valence-electron chi connectivity index (χ3n) is 1.62. The fourth-order valence-corrected chi connectivity index (χ4v) is 0.997. The van der Waals surface area contributed by atoms with Crippen LogP contribution in [0, 0.1) is 6.92 Å². The van der Waals surface area contributed by atoms with Gasteiger partial charge in [-0.15, -0.1) is 5.10 Å². The Morgan fingerprint density at radius 1 is 1.62 bits per heavy atom. The molecule has 2 aromatic rings. The van der Waals surface area contributed by atoms with Gasteiger partial charge in [0, 0.05) is 11.9 Å². The number of rotatable bonds is 1. The summed E-state index contributed by atoms with van der Waals surface area (Å²) in [6, 6.07) is 1.73. The molecule has 0 fully saturated rings. The lowest BCUT2D eigenvalue weighted by atomic mass is 10.5. The second-order valence-corrected chi connectivity index (χ2v) is 2.54. The van der Waals surface area contributed by atoms with E-state index in [1.54, 1.807) is 19.2 Å². The first-order chi connectivity index (χ1) is 6.18. The predicted octanol–water partition coefficient (Wildman–Crippen LogP) is 0.131. The molecule has 0 atom stereocenters. The fourth-order valence-electron chi connectivity index (χ4n) is 0.997. The van der Waals surface area contributed by atoms with E-state index in [2.05, 4.69) is 15.1 Å². The van der Waals surface area contributed by atoms with E-state index in [1.807, 2.05) is 0 Å². The maximum atomic E-state index is 10.5. The topological polar surface area (TPSA) is 80.4 Å². The number of aromatic carboxylic acids is 1. The Bertz CT molecular complexity index is 476. The molecular formula is C7H6N4O2. The van der Waals surface area contributed by atoms with Gasteiger partial charge in [0.1, 0.15) is 0 Å². The van der Waals surface area contributed by atoms with Crippen LogP contribution in [0.4, 0.5) is 0 Å². The van der Waals surface area contributed by atoms with E-state index in [-0.39, 0.29) is 5.82 Å². The molecule has 0 aromatic carbocycles. The van der Waals surface area contributed by atoms with Crippen LogP contribution in [0.3, 0.4) is 0 Å². The van der Waals surface area contributed by atoms with Gasteiger partial charge >= 0.3 is 5.97 Å². The smallest absolute Gasteiger partial charge is 0.375 e. The molecule has 0 aliphatic carbocycles. The Balaban J connectivity index is 2.75. The molecular weight excluding hydrogens is 172 g/mol. The van der Waals surface area contributed by atoms with Crippen molar-refractivity contribution in [3.05, 3.63) is 23.8 Å². The number of fused-ring (bicyclic) bond motifs is 1. The molecule has 2 aromatic heterocycles. The zero-order valence-corrected chi connectivity index (χ0v) is 6.80. The highest BCUT2D eigenvalue weighted by Crippen LogP contribution is 2.01. The maximum Gasteiger partial charge on any atom is 0.375 e. The third kappa shape index (κ3) is 1.12. The SMILES string of the molecule is Cc1ccnc2nc(C(=O)O)nn12. The number of aryl methyl sites for hydroxylation is 1. The normalized spacial score (nSPS) is 10.5. The third-order valence-corrected chi connectivity index (χ3v) is 1.62. The molecule has 0 aliphatic rings. The van der Waals surface area contributed by atoms with Gasteiger partial charge in [-0.05, 0) is 13.0 Å². The summed E-state index contributed by atoms with van der Waals surface area (Å²) in [4.78, 5) is 18.1. The van der Waals surface area contributed by atoms with Gasteiger partial charge in [0.25, 0.3) is 11.6 Å². The monoisotopic (exact) mass is 178 g/mol. The molecule has 1 N–H and O–H groups in total. The summed E-state index contributed by atoms with van der Waals surface area (Å²) in [7, 11) is 0. The quantitative estimate of drug-likeness (QED) is 0.671. The average molecular weight is 178 g/mol. The highest BCUT2D eigenvalue weighted by atomic mass is 16.4. The molecule has 6 heteroatoms. The standard InChI is InChI=1S/C7H6N4O2/c1-4-2-3-8-7-9-5(6(12)13)10-11(4)7/h2-3H,1H3,(H,12,13). The molecule has 0 unspecified atom stereocenters. The first-order valence-electron chi connectivity index (χ1n) is 3.60. The summed E-state index contributed by atoms with van der Waals surface area (Å²) in [5, 5.41) is 12.4. The lowest BCUT2D eigenvalue weighted by molar-refractivity contribution is 0.0684. The second-order valence-electron chi connectivity index (χ2n) is 2.54. The van der Waals surface area contributed by atoms with Crippen molar-refractivity contribution >= 4 is 11.7 Å². The average Bonchev–Trinajstić information content (AvgIpc) is 2.49. The molecule has 0 bridgehead atoms. The highest BCUT2D eigenvalue weighted by Gasteiger charge is 2.11. The molecule has 0 spiro atoms. The van der Waals surface area contributed by atoms with Crippen LogP contribution < -0.4 is 0 Å². The van der Waals surface area contributed by atoms with E-state index in [0.717, 1.165) is 5.69 Å². The molecule has 2 rings (SSSR count). The van der Waals surface area contributed by atoms with Crippen LogP contribution in [0.2, 0.25) is 0 Å². The molecule has 66 valence electrons. The summed E-state index contributed by atoms with van der Waals surface area (Å²) >= 11 is 0. The van der Waals surface area contributed by atoms with Crippen molar-refractivity contribution in [3.8, 4) is 0 Å². The van der Waals surface area contributed by atoms with E-state index in [9.17, 15) is 4.79 Å². The summed E-state index contributed by atoms with van der Waals surface area (Å²) in [5.74, 6) is -1.08. The Morgan fingerprint density at radius 3 is 3.00 bits per heavy atom. The lowest BCUT2D eigenvalue weighted by Crippen LogP contribution is -2.00. The zero-order chi connectivity index (χ0) is 9.42. The highest BCUT2D eigenvalue weighted by molar-refractivity contribution is 5.83. The zero-order valence-electron chi connectivity index (χ0n) is 6.80. The number of hydrogen-bond acceptors (Lipinski definition) is 4. The van der Waals surface area contributed by atoms with Gasteiger partial charge in [0.2, 0.25) is 0 Å². The minimum atomic E-state index is -1.15. The van der Waals surface area contributed by atoms with Crippen molar-refractivity contribution in [2.45, 2.75) is 6.92 Å². The Kier molecular flexibility index (Phi) is 1.48. The number of carboxylic acids is 1. The molecule has 0 saturated heterocycles. The maximum absolute atomic E-state index is 10.5. The molecule has 0 amide bonds. The Hall–Kier alpha value is -1.98. The number of aromatic nitrogens is 4. The largest absolute Gasteiger partial charge is 0.475 e. The van der Waals surface area contributed by atoms with Crippen molar-refractivity contribution in [2.75, 3.05) is 0 Å². The van der Waals surface area contributed by atoms with Gasteiger partial charge in [-0.25, -0.2) is 14.3 Å². The van der Waals surface area contributed by atoms with Crippen molar-refractivity contribution in [3.63, 3.8) is 0 Å². The molecule has 13 heavy (non-hydrogen) atoms. The number of carbonyl (C=O) groups is 1. The van der Waals surface area contributed by atoms with E-state index in [4.69, 9.17) is 5.11 Å². The molecule has 0 radical (unpaired) electrons. The predicted molar refractivity (Wildman–Crippen MR) is 42.5 cm³/mol. The van der Waals surface area contributed by atoms with Gasteiger partial charge in [0.05, 0.1) is 0 Å². The van der Waals surface area contributed by atoms with Crippen LogP contribution in [0.25, 0.3) is 5.78 Å². The summed E-state index contributed by atoms with van der Waals surface area (Å²) in [6.07, 6.45) is 1.56. The van der Waals surface area contributed by atoms with E-state index in [1.165, 1.54) is 4.52 Å². The van der Waals surface area contributed by atoms with E-state index in [0.29, 0.717) is 5.78 Å². The molecule has 0 aliphatic heterocycles. The summed E-state index contributed by atoms with van der Waals surface area (Å²) in [6.45, 7) is 1.80. The Labute approximate surface area is 72.9 Å². The first kappa shape index (κ1) is 7.66. The van der Waals surface area contributed by atoms with Crippen molar-refractivity contribution in [1.29, 1.82) is 0 Å². The van der Waals surface area contributed by atoms with Crippen LogP contribution >= 0.6 is 0 Å². The van der Waals surface area contributed by atoms with Crippen LogP contribution in [0.1, 0.15) is 16.3 Å². The van der Waals surface area contributed by atoms with Crippen LogP contribution in [-0.2, 0) is 0 Å². The van der Waals surface area contributed by atoms with Gasteiger partial charge in [-0.1, -0.05) is 0 Å². The van der Waals surface area contributed by atoms with Crippen molar-refractivity contribution in [2.24, 2.45) is 0 Å². The molecule has 0 saturated carbocycles. The van der Waals surface area contributed by atoms with Gasteiger partial charge in [-0.2, -0.15) is 4.98 Å². The van der Waals surface area contributed by atoms with Crippen LogP contribution in [0.15, 0.2) is 12.3 Å². The number of carboxylic acid groups (broad SMARTS) is 1. The van der Waals surface area contributed by atoms with Gasteiger partial charge < -0.3 is 5.11 Å². The molecule has 2 heterocycles. The fraction of sp³-hybridized carbons (Fsp3) is 0.143. The van der Waals surface area contributed by atoms with E-state index < -0.39 is 5.97 Å². The van der Waals surface area contributed by atoms with E-state index >= 15 is 0 Å². The number of nitrogens with zero attached hydrogens (tertiary/aromatic N) is 4. The summed E-state index contributed by atoms with van der Waals surface area (Å²) < 4.78 is 1.39. The van der Waals surface area contributed by atoms with Gasteiger partial charge in [-0.3, -0.25) is 0 Å². The first-order valence-corrected chi connectivity index (χ1v) is 3.60. The summed E-state index contributed by atoms with van der Waals surface area (Å²) in [5.41, 5.74) is 0.796. The second kappa shape index (κ2) is 2.51. The minimum Gasteiger partial charge on any atom is -0.475 e. The van der Waals surface area contributed by atoms with Crippen molar-refractivity contribution in [1.82, 2.24) is 19.6 Å². The van der Waals surface area contributed by atoms with Crippen LogP contribution in [-0.4, -0.2) is 30.7 Å². The molecule has 6 nitrogen and oxygen atoms in total. The lowest BCUT2D eigenvalue weighted by Gasteiger charge is -1.92. The van der Waals surface area contributed by atoms with Crippen molar-refractivity contribution < 1.29 is 9.90 Å².